The quantitative estimate of drug-likeness (QED) is 0.237. The number of ether oxygens (including phenoxy) is 2. The van der Waals surface area contributed by atoms with Crippen LogP contribution in [0.3, 0.4) is 0 Å². The molecule has 0 saturated heterocycles. The van der Waals surface area contributed by atoms with Gasteiger partial charge in [0.2, 0.25) is 0 Å². The van der Waals surface area contributed by atoms with Crippen molar-refractivity contribution in [2.24, 2.45) is 0 Å². The Kier molecular flexibility index (Phi) is 7.01. The van der Waals surface area contributed by atoms with E-state index < -0.39 is 11.6 Å². The predicted octanol–water partition coefficient (Wildman–Crippen LogP) is 5.78. The van der Waals surface area contributed by atoms with Crippen molar-refractivity contribution in [2.75, 3.05) is 19.0 Å². The van der Waals surface area contributed by atoms with Crippen molar-refractivity contribution in [1.29, 1.82) is 0 Å². The highest BCUT2D eigenvalue weighted by atomic mass is 32.2. The Morgan fingerprint density at radius 3 is 2.28 bits per heavy atom. The third kappa shape index (κ3) is 5.08. The van der Waals surface area contributed by atoms with Gasteiger partial charge in [-0.05, 0) is 43.3 Å². The number of thioether (sulfide) groups is 1. The maximum Gasteiger partial charge on any atom is 0.196 e. The maximum atomic E-state index is 14.6. The SMILES string of the molecule is CCOc1ccc(OCCSc2nnc(-c3ccccc3)n2-c2ccc(F)cc2F)cc1. The molecule has 0 amide bonds. The molecule has 4 rings (SSSR count). The lowest BCUT2D eigenvalue weighted by Crippen LogP contribution is -2.05. The van der Waals surface area contributed by atoms with Crippen LogP contribution < -0.4 is 9.47 Å². The number of halogens is 2. The molecule has 1 heterocycles. The minimum atomic E-state index is -0.686. The number of benzene rings is 3. The summed E-state index contributed by atoms with van der Waals surface area (Å²) in [6.07, 6.45) is 0. The first-order valence-corrected chi connectivity index (χ1v) is 11.1. The fourth-order valence-corrected chi connectivity index (χ4v) is 3.87. The van der Waals surface area contributed by atoms with Crippen molar-refractivity contribution < 1.29 is 18.3 Å². The molecular formula is C24H21F2N3O2S. The van der Waals surface area contributed by atoms with Gasteiger partial charge in [0.05, 0.1) is 18.9 Å². The van der Waals surface area contributed by atoms with Crippen LogP contribution in [0.1, 0.15) is 6.92 Å². The number of rotatable bonds is 9. The number of hydrogen-bond acceptors (Lipinski definition) is 5. The Hall–Kier alpha value is -3.39. The number of hydrogen-bond donors (Lipinski definition) is 0. The van der Waals surface area contributed by atoms with E-state index in [9.17, 15) is 8.78 Å². The van der Waals surface area contributed by atoms with E-state index in [2.05, 4.69) is 10.2 Å². The standard InChI is InChI=1S/C24H21F2N3O2S/c1-2-30-19-9-11-20(12-10-19)31-14-15-32-24-28-27-23(17-6-4-3-5-7-17)29(24)22-13-8-18(25)16-21(22)26/h3-13,16H,2,14-15H2,1H3. The molecule has 0 aliphatic rings. The van der Waals surface area contributed by atoms with E-state index in [4.69, 9.17) is 9.47 Å². The van der Waals surface area contributed by atoms with Gasteiger partial charge in [-0.25, -0.2) is 8.78 Å². The molecule has 0 atom stereocenters. The Morgan fingerprint density at radius 2 is 1.59 bits per heavy atom. The monoisotopic (exact) mass is 453 g/mol. The zero-order valence-electron chi connectivity index (χ0n) is 17.4. The molecule has 1 aromatic heterocycles. The summed E-state index contributed by atoms with van der Waals surface area (Å²) >= 11 is 1.38. The van der Waals surface area contributed by atoms with E-state index in [1.807, 2.05) is 61.5 Å². The maximum absolute atomic E-state index is 14.6. The molecule has 0 aliphatic carbocycles. The summed E-state index contributed by atoms with van der Waals surface area (Å²) in [5.41, 5.74) is 0.964. The van der Waals surface area contributed by atoms with Gasteiger partial charge < -0.3 is 9.47 Å². The summed E-state index contributed by atoms with van der Waals surface area (Å²) < 4.78 is 40.9. The van der Waals surface area contributed by atoms with Crippen LogP contribution >= 0.6 is 11.8 Å². The van der Waals surface area contributed by atoms with E-state index in [0.717, 1.165) is 23.1 Å². The highest BCUT2D eigenvalue weighted by molar-refractivity contribution is 7.99. The lowest BCUT2D eigenvalue weighted by atomic mass is 10.2. The molecule has 0 radical (unpaired) electrons. The summed E-state index contributed by atoms with van der Waals surface area (Å²) in [6, 6.07) is 20.2. The minimum Gasteiger partial charge on any atom is -0.494 e. The predicted molar refractivity (Wildman–Crippen MR) is 121 cm³/mol. The van der Waals surface area contributed by atoms with Crippen molar-refractivity contribution in [3.05, 3.63) is 84.4 Å². The summed E-state index contributed by atoms with van der Waals surface area (Å²) in [7, 11) is 0. The minimum absolute atomic E-state index is 0.185. The molecule has 32 heavy (non-hydrogen) atoms. The van der Waals surface area contributed by atoms with Crippen molar-refractivity contribution >= 4 is 11.8 Å². The highest BCUT2D eigenvalue weighted by Gasteiger charge is 2.19. The van der Waals surface area contributed by atoms with Crippen LogP contribution in [0, 0.1) is 11.6 Å². The summed E-state index contributed by atoms with van der Waals surface area (Å²) in [5.74, 6) is 1.23. The molecule has 0 spiro atoms. The van der Waals surface area contributed by atoms with Crippen LogP contribution in [0.15, 0.2) is 78.0 Å². The molecule has 0 N–H and O–H groups in total. The Labute approximate surface area is 189 Å². The molecule has 164 valence electrons. The van der Waals surface area contributed by atoms with E-state index in [1.54, 1.807) is 4.57 Å². The summed E-state index contributed by atoms with van der Waals surface area (Å²) in [4.78, 5) is 0. The van der Waals surface area contributed by atoms with Gasteiger partial charge in [0.25, 0.3) is 0 Å². The first kappa shape index (κ1) is 21.8. The average molecular weight is 454 g/mol. The molecule has 0 unspecified atom stereocenters. The molecule has 4 aromatic rings. The highest BCUT2D eigenvalue weighted by Crippen LogP contribution is 2.29. The third-order valence-electron chi connectivity index (χ3n) is 4.53. The topological polar surface area (TPSA) is 49.2 Å². The summed E-state index contributed by atoms with van der Waals surface area (Å²) in [6.45, 7) is 2.95. The second-order valence-electron chi connectivity index (χ2n) is 6.70. The molecule has 3 aromatic carbocycles. The van der Waals surface area contributed by atoms with Crippen molar-refractivity contribution in [1.82, 2.24) is 14.8 Å². The van der Waals surface area contributed by atoms with Gasteiger partial charge in [-0.3, -0.25) is 4.57 Å². The van der Waals surface area contributed by atoms with Gasteiger partial charge in [-0.1, -0.05) is 42.1 Å². The zero-order valence-corrected chi connectivity index (χ0v) is 18.2. The molecule has 0 bridgehead atoms. The van der Waals surface area contributed by atoms with Gasteiger partial charge in [0.1, 0.15) is 23.1 Å². The van der Waals surface area contributed by atoms with Crippen LogP contribution in [0.2, 0.25) is 0 Å². The fraction of sp³-hybridized carbons (Fsp3) is 0.167. The van der Waals surface area contributed by atoms with Gasteiger partial charge in [-0.2, -0.15) is 0 Å². The largest absolute Gasteiger partial charge is 0.494 e. The second-order valence-corrected chi connectivity index (χ2v) is 7.77. The molecule has 0 aliphatic heterocycles. The third-order valence-corrected chi connectivity index (χ3v) is 5.43. The van der Waals surface area contributed by atoms with Gasteiger partial charge >= 0.3 is 0 Å². The molecule has 0 saturated carbocycles. The number of aromatic nitrogens is 3. The summed E-state index contributed by atoms with van der Waals surface area (Å²) in [5, 5.41) is 9.01. The lowest BCUT2D eigenvalue weighted by Gasteiger charge is -2.12. The van der Waals surface area contributed by atoms with Gasteiger partial charge in [-0.15, -0.1) is 10.2 Å². The smallest absolute Gasteiger partial charge is 0.196 e. The first-order valence-electron chi connectivity index (χ1n) is 10.1. The van der Waals surface area contributed by atoms with Crippen LogP contribution in [0.4, 0.5) is 8.78 Å². The second kappa shape index (κ2) is 10.3. The molecule has 5 nitrogen and oxygen atoms in total. The lowest BCUT2D eigenvalue weighted by molar-refractivity contribution is 0.332. The average Bonchev–Trinajstić information content (AvgIpc) is 3.22. The van der Waals surface area contributed by atoms with Crippen molar-refractivity contribution in [2.45, 2.75) is 12.1 Å². The van der Waals surface area contributed by atoms with E-state index >= 15 is 0 Å². The Balaban J connectivity index is 1.51. The van der Waals surface area contributed by atoms with Crippen molar-refractivity contribution in [3.8, 4) is 28.6 Å². The fourth-order valence-electron chi connectivity index (χ4n) is 3.11. The first-order chi connectivity index (χ1) is 15.7. The van der Waals surface area contributed by atoms with Crippen LogP contribution in [0.25, 0.3) is 17.1 Å². The van der Waals surface area contributed by atoms with Crippen molar-refractivity contribution in [3.63, 3.8) is 0 Å². The van der Waals surface area contributed by atoms with E-state index in [-0.39, 0.29) is 5.69 Å². The van der Waals surface area contributed by atoms with Gasteiger partial charge in [0.15, 0.2) is 11.0 Å². The van der Waals surface area contributed by atoms with Crippen LogP contribution in [-0.2, 0) is 0 Å². The molecule has 8 heteroatoms. The number of nitrogens with zero attached hydrogens (tertiary/aromatic N) is 3. The van der Waals surface area contributed by atoms with Crippen LogP contribution in [0.5, 0.6) is 11.5 Å². The van der Waals surface area contributed by atoms with E-state index in [0.29, 0.717) is 29.9 Å². The Bertz CT molecular complexity index is 1170. The normalized spacial score (nSPS) is 10.8. The Morgan fingerprint density at radius 1 is 0.875 bits per heavy atom. The van der Waals surface area contributed by atoms with Crippen LogP contribution in [-0.4, -0.2) is 33.7 Å². The molecule has 0 fully saturated rings. The zero-order chi connectivity index (χ0) is 22.3. The molecular weight excluding hydrogens is 432 g/mol. The van der Waals surface area contributed by atoms with Gasteiger partial charge in [0, 0.05) is 17.4 Å². The van der Waals surface area contributed by atoms with E-state index in [1.165, 1.54) is 23.9 Å².